The van der Waals surface area contributed by atoms with Gasteiger partial charge in [-0.2, -0.15) is 0 Å². The maximum atomic E-state index is 13.6. The van der Waals surface area contributed by atoms with Crippen LogP contribution >= 0.6 is 11.6 Å². The fraction of sp³-hybridized carbons (Fsp3) is 0.0714. The molecule has 1 amide bonds. The lowest BCUT2D eigenvalue weighted by molar-refractivity contribution is 0.102. The Bertz CT molecular complexity index is 638. The van der Waals surface area contributed by atoms with Crippen LogP contribution in [0.15, 0.2) is 36.4 Å². The monoisotopic (exact) mass is 296 g/mol. The van der Waals surface area contributed by atoms with E-state index in [1.54, 1.807) is 24.3 Å². The van der Waals surface area contributed by atoms with E-state index in [9.17, 15) is 13.6 Å². The molecule has 20 heavy (non-hydrogen) atoms. The van der Waals surface area contributed by atoms with Crippen molar-refractivity contribution < 1.29 is 13.6 Å². The molecule has 0 aromatic heterocycles. The van der Waals surface area contributed by atoms with E-state index in [4.69, 9.17) is 11.6 Å². The average molecular weight is 297 g/mol. The highest BCUT2D eigenvalue weighted by Gasteiger charge is 2.15. The van der Waals surface area contributed by atoms with E-state index < -0.39 is 17.5 Å². The highest BCUT2D eigenvalue weighted by atomic mass is 35.5. The van der Waals surface area contributed by atoms with Crippen molar-refractivity contribution in [3.8, 4) is 0 Å². The Labute approximate surface area is 119 Å². The van der Waals surface area contributed by atoms with Crippen LogP contribution in [-0.4, -0.2) is 13.0 Å². The van der Waals surface area contributed by atoms with E-state index >= 15 is 0 Å². The fourth-order valence-electron chi connectivity index (χ4n) is 1.70. The smallest absolute Gasteiger partial charge is 0.255 e. The number of benzene rings is 2. The Morgan fingerprint density at radius 2 is 1.75 bits per heavy atom. The minimum atomic E-state index is -0.836. The number of amides is 1. The summed E-state index contributed by atoms with van der Waals surface area (Å²) in [7, 11) is 1.39. The molecule has 0 spiro atoms. The average Bonchev–Trinajstić information content (AvgIpc) is 2.41. The van der Waals surface area contributed by atoms with Gasteiger partial charge in [-0.25, -0.2) is 8.78 Å². The molecule has 2 N–H and O–H groups in total. The molecule has 0 saturated carbocycles. The zero-order chi connectivity index (χ0) is 14.7. The summed E-state index contributed by atoms with van der Waals surface area (Å²) in [6.45, 7) is 0. The molecule has 0 aliphatic heterocycles. The van der Waals surface area contributed by atoms with E-state index in [2.05, 4.69) is 10.6 Å². The van der Waals surface area contributed by atoms with Crippen LogP contribution in [-0.2, 0) is 0 Å². The number of carbonyl (C=O) groups excluding carboxylic acids is 1. The second-order valence-corrected chi connectivity index (χ2v) is 4.41. The first kappa shape index (κ1) is 14.3. The highest BCUT2D eigenvalue weighted by molar-refractivity contribution is 6.33. The number of rotatable bonds is 3. The van der Waals surface area contributed by atoms with Crippen molar-refractivity contribution in [2.45, 2.75) is 0 Å². The first-order chi connectivity index (χ1) is 9.52. The Morgan fingerprint density at radius 3 is 2.30 bits per heavy atom. The predicted octanol–water partition coefficient (Wildman–Crippen LogP) is 3.91. The molecular weight excluding hydrogens is 286 g/mol. The Kier molecular flexibility index (Phi) is 4.20. The summed E-state index contributed by atoms with van der Waals surface area (Å²) in [6, 6.07) is 8.51. The van der Waals surface area contributed by atoms with Crippen molar-refractivity contribution in [3.05, 3.63) is 58.6 Å². The summed E-state index contributed by atoms with van der Waals surface area (Å²) in [5, 5.41) is 5.22. The van der Waals surface area contributed by atoms with Crippen LogP contribution in [0, 0.1) is 11.6 Å². The van der Waals surface area contributed by atoms with Gasteiger partial charge in [0.25, 0.3) is 5.91 Å². The summed E-state index contributed by atoms with van der Waals surface area (Å²) >= 11 is 5.89. The fourth-order valence-corrected chi connectivity index (χ4v) is 1.88. The van der Waals surface area contributed by atoms with Crippen molar-refractivity contribution >= 4 is 28.9 Å². The summed E-state index contributed by atoms with van der Waals surface area (Å²) < 4.78 is 27.2. The van der Waals surface area contributed by atoms with Gasteiger partial charge in [0.1, 0.15) is 17.3 Å². The van der Waals surface area contributed by atoms with Crippen LogP contribution in [0.3, 0.4) is 0 Å². The molecule has 0 aliphatic rings. The van der Waals surface area contributed by atoms with Crippen LogP contribution in [0.2, 0.25) is 5.02 Å². The van der Waals surface area contributed by atoms with Gasteiger partial charge < -0.3 is 10.6 Å². The number of nitrogens with one attached hydrogen (secondary N) is 2. The molecular formula is C14H11ClF2N2O. The van der Waals surface area contributed by atoms with Crippen LogP contribution in [0.5, 0.6) is 0 Å². The molecule has 0 bridgehead atoms. The van der Waals surface area contributed by atoms with E-state index in [1.807, 2.05) is 0 Å². The third kappa shape index (κ3) is 2.88. The molecule has 0 fully saturated rings. The quantitative estimate of drug-likeness (QED) is 0.901. The maximum Gasteiger partial charge on any atom is 0.255 e. The summed E-state index contributed by atoms with van der Waals surface area (Å²) in [5.74, 6) is -2.31. The summed E-state index contributed by atoms with van der Waals surface area (Å²) in [5.41, 5.74) is -0.0316. The predicted molar refractivity (Wildman–Crippen MR) is 75.3 cm³/mol. The minimum Gasteiger partial charge on any atom is -0.383 e. The number of hydrogen-bond donors (Lipinski definition) is 2. The standard InChI is InChI=1S/C14H11ClF2N2O/c1-18-13-10(16)6-8(7-11(13)17)14(20)19-12-5-3-2-4-9(12)15/h2-7,18H,1H3,(H,19,20). The summed E-state index contributed by atoms with van der Waals surface area (Å²) in [4.78, 5) is 11.9. The lowest BCUT2D eigenvalue weighted by atomic mass is 10.1. The van der Waals surface area contributed by atoms with Gasteiger partial charge in [0.15, 0.2) is 0 Å². The van der Waals surface area contributed by atoms with Crippen molar-refractivity contribution in [2.75, 3.05) is 17.7 Å². The molecule has 2 aromatic carbocycles. The van der Waals surface area contributed by atoms with Gasteiger partial charge in [0, 0.05) is 12.6 Å². The molecule has 0 aliphatic carbocycles. The van der Waals surface area contributed by atoms with E-state index in [0.717, 1.165) is 12.1 Å². The first-order valence-corrected chi connectivity index (χ1v) is 6.13. The maximum absolute atomic E-state index is 13.6. The van der Waals surface area contributed by atoms with Gasteiger partial charge in [0.2, 0.25) is 0 Å². The van der Waals surface area contributed by atoms with Crippen molar-refractivity contribution in [3.63, 3.8) is 0 Å². The Balaban J connectivity index is 2.29. The van der Waals surface area contributed by atoms with Gasteiger partial charge in [-0.3, -0.25) is 4.79 Å². The second kappa shape index (κ2) is 5.88. The van der Waals surface area contributed by atoms with Gasteiger partial charge in [0.05, 0.1) is 10.7 Å². The lowest BCUT2D eigenvalue weighted by Crippen LogP contribution is -2.13. The molecule has 6 heteroatoms. The van der Waals surface area contributed by atoms with E-state index in [0.29, 0.717) is 10.7 Å². The molecule has 104 valence electrons. The number of halogens is 3. The molecule has 0 radical (unpaired) electrons. The lowest BCUT2D eigenvalue weighted by Gasteiger charge is -2.09. The molecule has 0 unspecified atom stereocenters. The third-order valence-electron chi connectivity index (χ3n) is 2.68. The van der Waals surface area contributed by atoms with Crippen molar-refractivity contribution in [1.82, 2.24) is 0 Å². The SMILES string of the molecule is CNc1c(F)cc(C(=O)Nc2ccccc2Cl)cc1F. The molecule has 0 heterocycles. The topological polar surface area (TPSA) is 41.1 Å². The summed E-state index contributed by atoms with van der Waals surface area (Å²) in [6.07, 6.45) is 0. The molecule has 2 rings (SSSR count). The van der Waals surface area contributed by atoms with Gasteiger partial charge in [-0.15, -0.1) is 0 Å². The largest absolute Gasteiger partial charge is 0.383 e. The Hall–Kier alpha value is -2.14. The van der Waals surface area contributed by atoms with Crippen LogP contribution < -0.4 is 10.6 Å². The van der Waals surface area contributed by atoms with Crippen LogP contribution in [0.25, 0.3) is 0 Å². The normalized spacial score (nSPS) is 10.2. The second-order valence-electron chi connectivity index (χ2n) is 4.00. The van der Waals surface area contributed by atoms with Crippen molar-refractivity contribution in [1.29, 1.82) is 0 Å². The van der Waals surface area contributed by atoms with Gasteiger partial charge in [-0.05, 0) is 24.3 Å². The molecule has 2 aromatic rings. The van der Waals surface area contributed by atoms with E-state index in [-0.39, 0.29) is 11.3 Å². The van der Waals surface area contributed by atoms with Crippen molar-refractivity contribution in [2.24, 2.45) is 0 Å². The van der Waals surface area contributed by atoms with Gasteiger partial charge >= 0.3 is 0 Å². The van der Waals surface area contributed by atoms with E-state index in [1.165, 1.54) is 7.05 Å². The van der Waals surface area contributed by atoms with Crippen LogP contribution in [0.4, 0.5) is 20.2 Å². The zero-order valence-electron chi connectivity index (χ0n) is 10.5. The number of para-hydroxylation sites is 1. The third-order valence-corrected chi connectivity index (χ3v) is 3.01. The Morgan fingerprint density at radius 1 is 1.15 bits per heavy atom. The number of hydrogen-bond acceptors (Lipinski definition) is 2. The minimum absolute atomic E-state index is 0.126. The highest BCUT2D eigenvalue weighted by Crippen LogP contribution is 2.23. The molecule has 0 saturated heterocycles. The van der Waals surface area contributed by atoms with Crippen LogP contribution in [0.1, 0.15) is 10.4 Å². The number of anilines is 2. The number of carbonyl (C=O) groups is 1. The van der Waals surface area contributed by atoms with Gasteiger partial charge in [-0.1, -0.05) is 23.7 Å². The first-order valence-electron chi connectivity index (χ1n) is 5.75. The molecule has 0 atom stereocenters. The molecule has 3 nitrogen and oxygen atoms in total. The zero-order valence-corrected chi connectivity index (χ0v) is 11.3.